The van der Waals surface area contributed by atoms with Crippen LogP contribution in [0.5, 0.6) is 0 Å². The third-order valence-electron chi connectivity index (χ3n) is 4.29. The molecule has 3 rings (SSSR count). The Morgan fingerprint density at radius 2 is 1.60 bits per heavy atom. The average molecular weight is 354 g/mol. The lowest BCUT2D eigenvalue weighted by molar-refractivity contribution is 0.0993. The minimum atomic E-state index is -0.0539. The van der Waals surface area contributed by atoms with Gasteiger partial charge in [-0.15, -0.1) is 0 Å². The van der Waals surface area contributed by atoms with Gasteiger partial charge in [-0.1, -0.05) is 29.3 Å². The molecule has 0 spiro atoms. The van der Waals surface area contributed by atoms with E-state index in [4.69, 9.17) is 11.6 Å². The summed E-state index contributed by atoms with van der Waals surface area (Å²) in [5.41, 5.74) is 5.21. The standard InChI is InChI=1S/C20H20ClN3O/c1-13-5-9-17(10-6-13)23(4)20(25)16-7-11-18(12-8-16)24-15(3)19(21)14(2)22-24/h5-12H,1-4H3. The molecule has 25 heavy (non-hydrogen) atoms. The van der Waals surface area contributed by atoms with Crippen LogP contribution in [0.1, 0.15) is 27.3 Å². The molecule has 1 aromatic heterocycles. The van der Waals surface area contributed by atoms with Crippen LogP contribution in [0.4, 0.5) is 5.69 Å². The number of aryl methyl sites for hydroxylation is 2. The number of hydrogen-bond acceptors (Lipinski definition) is 2. The Balaban J connectivity index is 1.85. The van der Waals surface area contributed by atoms with Gasteiger partial charge in [0.25, 0.3) is 5.91 Å². The smallest absolute Gasteiger partial charge is 0.258 e. The van der Waals surface area contributed by atoms with Gasteiger partial charge in [-0.25, -0.2) is 4.68 Å². The summed E-state index contributed by atoms with van der Waals surface area (Å²) in [5, 5.41) is 5.10. The van der Waals surface area contributed by atoms with Crippen molar-refractivity contribution in [2.24, 2.45) is 0 Å². The Morgan fingerprint density at radius 3 is 2.12 bits per heavy atom. The Bertz CT molecular complexity index is 911. The fraction of sp³-hybridized carbons (Fsp3) is 0.200. The molecule has 0 radical (unpaired) electrons. The highest BCUT2D eigenvalue weighted by atomic mass is 35.5. The lowest BCUT2D eigenvalue weighted by atomic mass is 10.1. The van der Waals surface area contributed by atoms with E-state index in [2.05, 4.69) is 5.10 Å². The third-order valence-corrected chi connectivity index (χ3v) is 4.83. The molecule has 0 aliphatic carbocycles. The number of halogens is 1. The van der Waals surface area contributed by atoms with Gasteiger partial charge in [-0.05, 0) is 57.2 Å². The van der Waals surface area contributed by atoms with Crippen LogP contribution in [0.2, 0.25) is 5.02 Å². The van der Waals surface area contributed by atoms with Crippen LogP contribution in [-0.4, -0.2) is 22.7 Å². The number of aromatic nitrogens is 2. The zero-order valence-electron chi connectivity index (χ0n) is 14.7. The van der Waals surface area contributed by atoms with E-state index in [1.54, 1.807) is 16.6 Å². The van der Waals surface area contributed by atoms with Gasteiger partial charge < -0.3 is 4.90 Å². The van der Waals surface area contributed by atoms with Crippen LogP contribution in [0, 0.1) is 20.8 Å². The molecule has 0 atom stereocenters. The predicted octanol–water partition coefficient (Wildman–Crippen LogP) is 4.73. The molecular weight excluding hydrogens is 334 g/mol. The molecule has 0 N–H and O–H groups in total. The average Bonchev–Trinajstić information content (AvgIpc) is 2.89. The molecule has 3 aromatic rings. The molecule has 0 unspecified atom stereocenters. The molecule has 0 saturated carbocycles. The lowest BCUT2D eigenvalue weighted by Crippen LogP contribution is -2.26. The topological polar surface area (TPSA) is 38.1 Å². The van der Waals surface area contributed by atoms with Crippen molar-refractivity contribution in [3.63, 3.8) is 0 Å². The van der Waals surface area contributed by atoms with Gasteiger partial charge >= 0.3 is 0 Å². The summed E-state index contributed by atoms with van der Waals surface area (Å²) < 4.78 is 1.79. The third kappa shape index (κ3) is 3.30. The Morgan fingerprint density at radius 1 is 1.00 bits per heavy atom. The Labute approximate surface area is 152 Å². The highest BCUT2D eigenvalue weighted by molar-refractivity contribution is 6.31. The quantitative estimate of drug-likeness (QED) is 0.682. The first-order chi connectivity index (χ1) is 11.9. The first-order valence-electron chi connectivity index (χ1n) is 8.05. The second-order valence-electron chi connectivity index (χ2n) is 6.14. The van der Waals surface area contributed by atoms with Crippen molar-refractivity contribution in [2.75, 3.05) is 11.9 Å². The fourth-order valence-corrected chi connectivity index (χ4v) is 2.82. The molecule has 0 aliphatic rings. The Hall–Kier alpha value is -2.59. The molecule has 0 aliphatic heterocycles. The minimum absolute atomic E-state index is 0.0539. The predicted molar refractivity (Wildman–Crippen MR) is 102 cm³/mol. The van der Waals surface area contributed by atoms with Gasteiger partial charge in [-0.2, -0.15) is 5.10 Å². The van der Waals surface area contributed by atoms with Crippen LogP contribution in [0.15, 0.2) is 48.5 Å². The molecule has 2 aromatic carbocycles. The van der Waals surface area contributed by atoms with E-state index in [-0.39, 0.29) is 5.91 Å². The molecule has 5 heteroatoms. The van der Waals surface area contributed by atoms with E-state index in [1.165, 1.54) is 0 Å². The maximum absolute atomic E-state index is 12.7. The Kier molecular flexibility index (Phi) is 4.64. The first-order valence-corrected chi connectivity index (χ1v) is 8.43. The number of carbonyl (C=O) groups excluding carboxylic acids is 1. The second kappa shape index (κ2) is 6.73. The van der Waals surface area contributed by atoms with Gasteiger partial charge in [-0.3, -0.25) is 4.79 Å². The largest absolute Gasteiger partial charge is 0.311 e. The maximum atomic E-state index is 12.7. The van der Waals surface area contributed by atoms with Crippen molar-refractivity contribution < 1.29 is 4.79 Å². The van der Waals surface area contributed by atoms with Crippen molar-refractivity contribution in [3.05, 3.63) is 76.1 Å². The number of nitrogens with zero attached hydrogens (tertiary/aromatic N) is 3. The van der Waals surface area contributed by atoms with E-state index in [0.29, 0.717) is 10.6 Å². The van der Waals surface area contributed by atoms with Gasteiger partial charge in [0.15, 0.2) is 0 Å². The van der Waals surface area contributed by atoms with Crippen molar-refractivity contribution in [1.82, 2.24) is 9.78 Å². The van der Waals surface area contributed by atoms with Crippen LogP contribution >= 0.6 is 11.6 Å². The van der Waals surface area contributed by atoms with E-state index in [9.17, 15) is 4.79 Å². The number of rotatable bonds is 3. The fourth-order valence-electron chi connectivity index (χ4n) is 2.70. The maximum Gasteiger partial charge on any atom is 0.258 e. The summed E-state index contributed by atoms with van der Waals surface area (Å²) in [6.07, 6.45) is 0. The zero-order valence-corrected chi connectivity index (χ0v) is 15.5. The highest BCUT2D eigenvalue weighted by Crippen LogP contribution is 2.23. The zero-order chi connectivity index (χ0) is 18.1. The lowest BCUT2D eigenvalue weighted by Gasteiger charge is -2.18. The van der Waals surface area contributed by atoms with Crippen molar-refractivity contribution in [1.29, 1.82) is 0 Å². The second-order valence-corrected chi connectivity index (χ2v) is 6.52. The van der Waals surface area contributed by atoms with Gasteiger partial charge in [0.1, 0.15) is 0 Å². The molecular formula is C20H20ClN3O. The van der Waals surface area contributed by atoms with Gasteiger partial charge in [0.05, 0.1) is 22.1 Å². The van der Waals surface area contributed by atoms with Crippen LogP contribution in [0.25, 0.3) is 5.69 Å². The van der Waals surface area contributed by atoms with Crippen LogP contribution < -0.4 is 4.90 Å². The summed E-state index contributed by atoms with van der Waals surface area (Å²) >= 11 is 6.21. The molecule has 1 amide bonds. The van der Waals surface area contributed by atoms with Gasteiger partial charge in [0, 0.05) is 18.3 Å². The molecule has 128 valence electrons. The van der Waals surface area contributed by atoms with E-state index < -0.39 is 0 Å². The number of amides is 1. The van der Waals surface area contributed by atoms with E-state index in [1.807, 2.05) is 69.3 Å². The minimum Gasteiger partial charge on any atom is -0.311 e. The summed E-state index contributed by atoms with van der Waals surface area (Å²) in [7, 11) is 1.78. The van der Waals surface area contributed by atoms with Crippen molar-refractivity contribution >= 4 is 23.2 Å². The first kappa shape index (κ1) is 17.2. The summed E-state index contributed by atoms with van der Waals surface area (Å²) in [6, 6.07) is 15.3. The highest BCUT2D eigenvalue weighted by Gasteiger charge is 2.15. The van der Waals surface area contributed by atoms with Crippen LogP contribution in [0.3, 0.4) is 0 Å². The van der Waals surface area contributed by atoms with Crippen molar-refractivity contribution in [3.8, 4) is 5.69 Å². The van der Waals surface area contributed by atoms with Crippen molar-refractivity contribution in [2.45, 2.75) is 20.8 Å². The summed E-state index contributed by atoms with van der Waals surface area (Å²) in [6.45, 7) is 5.82. The number of carbonyl (C=O) groups is 1. The van der Waals surface area contributed by atoms with Crippen LogP contribution in [-0.2, 0) is 0 Å². The van der Waals surface area contributed by atoms with E-state index >= 15 is 0 Å². The SMILES string of the molecule is Cc1ccc(N(C)C(=O)c2ccc(-n3nc(C)c(Cl)c3C)cc2)cc1. The normalized spacial score (nSPS) is 10.8. The number of hydrogen-bond donors (Lipinski definition) is 0. The molecule has 0 saturated heterocycles. The number of anilines is 1. The monoisotopic (exact) mass is 353 g/mol. The summed E-state index contributed by atoms with van der Waals surface area (Å²) in [5.74, 6) is -0.0539. The summed E-state index contributed by atoms with van der Waals surface area (Å²) in [4.78, 5) is 14.3. The van der Waals surface area contributed by atoms with Gasteiger partial charge in [0.2, 0.25) is 0 Å². The van der Waals surface area contributed by atoms with E-state index in [0.717, 1.165) is 28.3 Å². The molecule has 0 bridgehead atoms. The molecule has 1 heterocycles. The molecule has 4 nitrogen and oxygen atoms in total. The molecule has 0 fully saturated rings. The number of benzene rings is 2.